The third-order valence-corrected chi connectivity index (χ3v) is 3.45. The summed E-state index contributed by atoms with van der Waals surface area (Å²) in [4.78, 5) is 12.1. The number of hydrogen-bond acceptors (Lipinski definition) is 4. The summed E-state index contributed by atoms with van der Waals surface area (Å²) in [5.41, 5.74) is 0.268. The molecule has 3 N–H and O–H groups in total. The minimum absolute atomic E-state index is 0.0874. The average molecular weight is 258 g/mol. The number of nitrogens with zero attached hydrogens (tertiary/aromatic N) is 1. The van der Waals surface area contributed by atoms with Gasteiger partial charge in [0, 0.05) is 7.05 Å². The van der Waals surface area contributed by atoms with Gasteiger partial charge in [0.1, 0.15) is 10.9 Å². The zero-order valence-corrected chi connectivity index (χ0v) is 10.3. The largest absolute Gasteiger partial charge is 0.480 e. The first kappa shape index (κ1) is 13.5. The molecule has 0 saturated heterocycles. The van der Waals surface area contributed by atoms with Gasteiger partial charge >= 0.3 is 5.97 Å². The van der Waals surface area contributed by atoms with Crippen LogP contribution in [-0.2, 0) is 14.8 Å². The van der Waals surface area contributed by atoms with Crippen molar-refractivity contribution >= 4 is 21.7 Å². The normalized spacial score (nSPS) is 13.1. The first-order valence-corrected chi connectivity index (χ1v) is 6.37. The van der Waals surface area contributed by atoms with E-state index >= 15 is 0 Å². The Kier molecular flexibility index (Phi) is 3.74. The van der Waals surface area contributed by atoms with Crippen molar-refractivity contribution in [2.45, 2.75) is 17.9 Å². The van der Waals surface area contributed by atoms with Crippen LogP contribution >= 0.6 is 0 Å². The van der Waals surface area contributed by atoms with E-state index in [2.05, 4.69) is 0 Å². The maximum absolute atomic E-state index is 11.4. The van der Waals surface area contributed by atoms with Crippen molar-refractivity contribution in [3.8, 4) is 0 Å². The maximum Gasteiger partial charge on any atom is 0.326 e. The summed E-state index contributed by atoms with van der Waals surface area (Å²) < 4.78 is 22.7. The standard InChI is InChI=1S/C10H14N2O4S/c1-7(10(13)14)12(2)8-5-3-4-6-9(8)17(11,15)16/h3-7H,1-2H3,(H,13,14)(H2,11,15,16). The molecule has 0 amide bonds. The number of aliphatic carboxylic acids is 1. The lowest BCUT2D eigenvalue weighted by Crippen LogP contribution is -2.36. The lowest BCUT2D eigenvalue weighted by molar-refractivity contribution is -0.138. The van der Waals surface area contributed by atoms with Gasteiger partial charge in [0.2, 0.25) is 10.0 Å². The molecule has 0 aliphatic heterocycles. The monoisotopic (exact) mass is 258 g/mol. The van der Waals surface area contributed by atoms with Gasteiger partial charge in [0.25, 0.3) is 0 Å². The molecule has 0 radical (unpaired) electrons. The van der Waals surface area contributed by atoms with Crippen molar-refractivity contribution < 1.29 is 18.3 Å². The molecule has 0 bridgehead atoms. The quantitative estimate of drug-likeness (QED) is 0.805. The molecule has 0 spiro atoms. The summed E-state index contributed by atoms with van der Waals surface area (Å²) in [6.07, 6.45) is 0. The minimum atomic E-state index is -3.87. The molecule has 0 heterocycles. The average Bonchev–Trinajstić information content (AvgIpc) is 2.25. The van der Waals surface area contributed by atoms with E-state index in [4.69, 9.17) is 10.2 Å². The molecule has 0 saturated carbocycles. The number of para-hydroxylation sites is 1. The molecule has 1 unspecified atom stereocenters. The van der Waals surface area contributed by atoms with Gasteiger partial charge in [-0.15, -0.1) is 0 Å². The Morgan fingerprint density at radius 3 is 2.41 bits per heavy atom. The number of rotatable bonds is 4. The number of sulfonamides is 1. The lowest BCUT2D eigenvalue weighted by atomic mass is 10.2. The number of anilines is 1. The molecular formula is C10H14N2O4S. The van der Waals surface area contributed by atoms with E-state index in [1.54, 1.807) is 6.07 Å². The molecule has 7 heteroatoms. The van der Waals surface area contributed by atoms with Crippen LogP contribution in [0.3, 0.4) is 0 Å². The van der Waals surface area contributed by atoms with Crippen LogP contribution in [0.2, 0.25) is 0 Å². The highest BCUT2D eigenvalue weighted by molar-refractivity contribution is 7.89. The van der Waals surface area contributed by atoms with E-state index in [9.17, 15) is 13.2 Å². The van der Waals surface area contributed by atoms with Crippen LogP contribution in [-0.4, -0.2) is 32.6 Å². The Balaban J connectivity index is 3.28. The molecule has 0 aliphatic carbocycles. The molecule has 0 fully saturated rings. The number of nitrogens with two attached hydrogens (primary N) is 1. The fourth-order valence-electron chi connectivity index (χ4n) is 1.36. The van der Waals surface area contributed by atoms with E-state index in [-0.39, 0.29) is 10.6 Å². The molecule has 1 aromatic carbocycles. The number of carboxylic acid groups (broad SMARTS) is 1. The van der Waals surface area contributed by atoms with Crippen molar-refractivity contribution in [3.05, 3.63) is 24.3 Å². The SMILES string of the molecule is CC(C(=O)O)N(C)c1ccccc1S(N)(=O)=O. The summed E-state index contributed by atoms with van der Waals surface area (Å²) in [6, 6.07) is 5.16. The van der Waals surface area contributed by atoms with Crippen LogP contribution in [0.4, 0.5) is 5.69 Å². The van der Waals surface area contributed by atoms with Crippen LogP contribution in [0.5, 0.6) is 0 Å². The highest BCUT2D eigenvalue weighted by atomic mass is 32.2. The molecule has 0 aromatic heterocycles. The Labute approximate surface area is 99.7 Å². The zero-order chi connectivity index (χ0) is 13.2. The third-order valence-electron chi connectivity index (χ3n) is 2.49. The van der Waals surface area contributed by atoms with Gasteiger partial charge in [0.15, 0.2) is 0 Å². The molecular weight excluding hydrogens is 244 g/mol. The summed E-state index contributed by atoms with van der Waals surface area (Å²) in [6.45, 7) is 1.46. The first-order valence-electron chi connectivity index (χ1n) is 4.82. The van der Waals surface area contributed by atoms with Crippen LogP contribution < -0.4 is 10.0 Å². The topological polar surface area (TPSA) is 101 Å². The summed E-state index contributed by atoms with van der Waals surface area (Å²) in [7, 11) is -2.37. The Morgan fingerprint density at radius 2 is 1.94 bits per heavy atom. The van der Waals surface area contributed by atoms with E-state index in [1.807, 2.05) is 0 Å². The minimum Gasteiger partial charge on any atom is -0.480 e. The molecule has 1 rings (SSSR count). The Hall–Kier alpha value is -1.60. The van der Waals surface area contributed by atoms with Crippen molar-refractivity contribution in [2.75, 3.05) is 11.9 Å². The van der Waals surface area contributed by atoms with E-state index < -0.39 is 22.0 Å². The van der Waals surface area contributed by atoms with Gasteiger partial charge < -0.3 is 10.0 Å². The summed E-state index contributed by atoms with van der Waals surface area (Å²) >= 11 is 0. The highest BCUT2D eigenvalue weighted by Gasteiger charge is 2.22. The highest BCUT2D eigenvalue weighted by Crippen LogP contribution is 2.24. The van der Waals surface area contributed by atoms with Gasteiger partial charge in [-0.1, -0.05) is 12.1 Å². The van der Waals surface area contributed by atoms with E-state index in [1.165, 1.54) is 37.1 Å². The summed E-state index contributed by atoms with van der Waals surface area (Å²) in [5, 5.41) is 14.0. The van der Waals surface area contributed by atoms with E-state index in [0.717, 1.165) is 0 Å². The zero-order valence-electron chi connectivity index (χ0n) is 9.49. The van der Waals surface area contributed by atoms with E-state index in [0.29, 0.717) is 0 Å². The number of hydrogen-bond donors (Lipinski definition) is 2. The number of benzene rings is 1. The van der Waals surface area contributed by atoms with Gasteiger partial charge in [-0.25, -0.2) is 18.4 Å². The summed E-state index contributed by atoms with van der Waals surface area (Å²) in [5.74, 6) is -1.04. The number of primary sulfonamides is 1. The second-order valence-corrected chi connectivity index (χ2v) is 5.17. The molecule has 1 atom stereocenters. The fraction of sp³-hybridized carbons (Fsp3) is 0.300. The van der Waals surface area contributed by atoms with Gasteiger partial charge in [-0.05, 0) is 19.1 Å². The van der Waals surface area contributed by atoms with Gasteiger partial charge in [-0.3, -0.25) is 0 Å². The molecule has 6 nitrogen and oxygen atoms in total. The first-order chi connectivity index (χ1) is 7.75. The molecule has 94 valence electrons. The Bertz CT molecular complexity index is 527. The van der Waals surface area contributed by atoms with Crippen LogP contribution in [0.1, 0.15) is 6.92 Å². The van der Waals surface area contributed by atoms with Crippen LogP contribution in [0, 0.1) is 0 Å². The van der Waals surface area contributed by atoms with Crippen LogP contribution in [0.25, 0.3) is 0 Å². The smallest absolute Gasteiger partial charge is 0.326 e. The predicted octanol–water partition coefficient (Wildman–Crippen LogP) is 0.243. The maximum atomic E-state index is 11.4. The molecule has 17 heavy (non-hydrogen) atoms. The van der Waals surface area contributed by atoms with Crippen molar-refractivity contribution in [1.82, 2.24) is 0 Å². The van der Waals surface area contributed by atoms with Crippen molar-refractivity contribution in [3.63, 3.8) is 0 Å². The predicted molar refractivity (Wildman–Crippen MR) is 63.3 cm³/mol. The molecule has 0 aliphatic rings. The fourth-order valence-corrected chi connectivity index (χ4v) is 2.14. The number of carboxylic acids is 1. The lowest BCUT2D eigenvalue weighted by Gasteiger charge is -2.25. The van der Waals surface area contributed by atoms with Crippen molar-refractivity contribution in [2.24, 2.45) is 5.14 Å². The van der Waals surface area contributed by atoms with Gasteiger partial charge in [0.05, 0.1) is 5.69 Å². The third kappa shape index (κ3) is 2.95. The van der Waals surface area contributed by atoms with Crippen molar-refractivity contribution in [1.29, 1.82) is 0 Å². The Morgan fingerprint density at radius 1 is 1.41 bits per heavy atom. The van der Waals surface area contributed by atoms with Crippen LogP contribution in [0.15, 0.2) is 29.2 Å². The number of likely N-dealkylation sites (N-methyl/N-ethyl adjacent to an activating group) is 1. The second-order valence-electron chi connectivity index (χ2n) is 3.64. The molecule has 1 aromatic rings. The second kappa shape index (κ2) is 4.72. The number of carbonyl (C=O) groups is 1. The van der Waals surface area contributed by atoms with Gasteiger partial charge in [-0.2, -0.15) is 0 Å².